The summed E-state index contributed by atoms with van der Waals surface area (Å²) in [6.07, 6.45) is 5.25. The number of anilines is 1. The van der Waals surface area contributed by atoms with Crippen molar-refractivity contribution < 1.29 is 9.59 Å². The number of hydrogen-bond donors (Lipinski definition) is 2. The van der Waals surface area contributed by atoms with Crippen LogP contribution in [-0.4, -0.2) is 28.1 Å². The van der Waals surface area contributed by atoms with Crippen molar-refractivity contribution >= 4 is 39.8 Å². The standard InChI is InChI=1S/C22H21ClN4O3S/c1-2-24-20(29)18-15-5-3-4-6-17(15)31-22(18)25-21(30)19-16(28)11-12-27(26-19)14-9-7-13(23)8-10-14/h7-12H,2-6H2,1H3,(H,24,29)(H,25,30). The predicted molar refractivity (Wildman–Crippen MR) is 122 cm³/mol. The third-order valence-corrected chi connectivity index (χ3v) is 6.54. The minimum absolute atomic E-state index is 0.211. The highest BCUT2D eigenvalue weighted by Gasteiger charge is 2.27. The first-order chi connectivity index (χ1) is 15.0. The van der Waals surface area contributed by atoms with E-state index in [2.05, 4.69) is 15.7 Å². The molecule has 0 atom stereocenters. The number of benzene rings is 1. The van der Waals surface area contributed by atoms with Crippen molar-refractivity contribution in [2.45, 2.75) is 32.6 Å². The van der Waals surface area contributed by atoms with E-state index in [1.54, 1.807) is 24.3 Å². The number of thiophene rings is 1. The Morgan fingerprint density at radius 3 is 2.61 bits per heavy atom. The summed E-state index contributed by atoms with van der Waals surface area (Å²) in [4.78, 5) is 39.2. The fourth-order valence-electron chi connectivity index (χ4n) is 3.61. The smallest absolute Gasteiger partial charge is 0.280 e. The Kier molecular flexibility index (Phi) is 6.20. The van der Waals surface area contributed by atoms with Crippen LogP contribution in [0.1, 0.15) is 51.1 Å². The lowest BCUT2D eigenvalue weighted by atomic mass is 9.95. The summed E-state index contributed by atoms with van der Waals surface area (Å²) < 4.78 is 1.44. The van der Waals surface area contributed by atoms with Crippen molar-refractivity contribution in [3.8, 4) is 5.69 Å². The van der Waals surface area contributed by atoms with Gasteiger partial charge in [-0.1, -0.05) is 11.6 Å². The number of halogens is 1. The summed E-state index contributed by atoms with van der Waals surface area (Å²) in [6, 6.07) is 8.17. The number of carbonyl (C=O) groups is 2. The van der Waals surface area contributed by atoms with Gasteiger partial charge in [0, 0.05) is 28.7 Å². The zero-order valence-electron chi connectivity index (χ0n) is 16.9. The number of aromatic nitrogens is 2. The number of rotatable bonds is 5. The summed E-state index contributed by atoms with van der Waals surface area (Å²) in [5.74, 6) is -0.853. The number of amides is 2. The fourth-order valence-corrected chi connectivity index (χ4v) is 5.02. The molecule has 0 unspecified atom stereocenters. The third-order valence-electron chi connectivity index (χ3n) is 5.08. The van der Waals surface area contributed by atoms with Crippen LogP contribution < -0.4 is 16.1 Å². The topological polar surface area (TPSA) is 93.1 Å². The lowest BCUT2D eigenvalue weighted by molar-refractivity contribution is 0.0956. The molecule has 0 saturated heterocycles. The van der Waals surface area contributed by atoms with Gasteiger partial charge in [0.25, 0.3) is 11.8 Å². The lowest BCUT2D eigenvalue weighted by Gasteiger charge is -2.13. The normalized spacial score (nSPS) is 12.8. The summed E-state index contributed by atoms with van der Waals surface area (Å²) in [6.45, 7) is 2.34. The van der Waals surface area contributed by atoms with E-state index in [1.165, 1.54) is 28.3 Å². The molecule has 0 radical (unpaired) electrons. The number of aryl methyl sites for hydroxylation is 1. The Hall–Kier alpha value is -2.97. The average molecular weight is 457 g/mol. The molecule has 4 rings (SSSR count). The molecule has 0 aliphatic heterocycles. The summed E-state index contributed by atoms with van der Waals surface area (Å²) in [5.41, 5.74) is 1.42. The zero-order valence-corrected chi connectivity index (χ0v) is 18.5. The van der Waals surface area contributed by atoms with Crippen LogP contribution in [0.5, 0.6) is 0 Å². The van der Waals surface area contributed by atoms with Crippen molar-refractivity contribution in [2.75, 3.05) is 11.9 Å². The molecule has 7 nitrogen and oxygen atoms in total. The Morgan fingerprint density at radius 2 is 1.87 bits per heavy atom. The molecule has 0 bridgehead atoms. The van der Waals surface area contributed by atoms with Crippen LogP contribution in [0.2, 0.25) is 5.02 Å². The first-order valence-corrected chi connectivity index (χ1v) is 11.3. The molecular weight excluding hydrogens is 436 g/mol. The maximum Gasteiger partial charge on any atom is 0.280 e. The van der Waals surface area contributed by atoms with Crippen LogP contribution >= 0.6 is 22.9 Å². The second-order valence-corrected chi connectivity index (χ2v) is 8.72. The maximum atomic E-state index is 13.0. The van der Waals surface area contributed by atoms with Gasteiger partial charge in [-0.2, -0.15) is 5.10 Å². The molecule has 9 heteroatoms. The van der Waals surface area contributed by atoms with E-state index in [4.69, 9.17) is 11.6 Å². The van der Waals surface area contributed by atoms with Crippen molar-refractivity contribution in [3.05, 3.63) is 73.5 Å². The van der Waals surface area contributed by atoms with Crippen LogP contribution in [-0.2, 0) is 12.8 Å². The van der Waals surface area contributed by atoms with Crippen molar-refractivity contribution in [1.82, 2.24) is 15.1 Å². The van der Waals surface area contributed by atoms with E-state index in [1.807, 2.05) is 6.92 Å². The molecule has 1 aliphatic carbocycles. The number of carbonyl (C=O) groups excluding carboxylic acids is 2. The van der Waals surface area contributed by atoms with Crippen LogP contribution in [0.25, 0.3) is 5.69 Å². The molecule has 1 aromatic carbocycles. The molecule has 1 aliphatic rings. The Balaban J connectivity index is 1.68. The van der Waals surface area contributed by atoms with Crippen molar-refractivity contribution in [3.63, 3.8) is 0 Å². The average Bonchev–Trinajstić information content (AvgIpc) is 3.12. The molecule has 31 heavy (non-hydrogen) atoms. The van der Waals surface area contributed by atoms with E-state index >= 15 is 0 Å². The molecule has 0 spiro atoms. The monoisotopic (exact) mass is 456 g/mol. The van der Waals surface area contributed by atoms with Gasteiger partial charge in [0.1, 0.15) is 5.00 Å². The second-order valence-electron chi connectivity index (χ2n) is 7.18. The Morgan fingerprint density at radius 1 is 1.13 bits per heavy atom. The molecule has 2 amide bonds. The van der Waals surface area contributed by atoms with E-state index in [0.29, 0.717) is 27.8 Å². The quantitative estimate of drug-likeness (QED) is 0.610. The van der Waals surface area contributed by atoms with Crippen LogP contribution in [0, 0.1) is 0 Å². The van der Waals surface area contributed by atoms with E-state index < -0.39 is 11.3 Å². The second kappa shape index (κ2) is 9.03. The molecule has 2 aromatic heterocycles. The SMILES string of the molecule is CCNC(=O)c1c(NC(=O)c2nn(-c3ccc(Cl)cc3)ccc2=O)sc2c1CCCC2. The zero-order chi connectivity index (χ0) is 22.0. The van der Waals surface area contributed by atoms with Crippen molar-refractivity contribution in [2.24, 2.45) is 0 Å². The summed E-state index contributed by atoms with van der Waals surface area (Å²) >= 11 is 7.33. The highest BCUT2D eigenvalue weighted by Crippen LogP contribution is 2.38. The van der Waals surface area contributed by atoms with Crippen LogP contribution in [0.15, 0.2) is 41.3 Å². The minimum atomic E-state index is -0.641. The number of nitrogens with zero attached hydrogens (tertiary/aromatic N) is 2. The number of fused-ring (bicyclic) bond motifs is 1. The highest BCUT2D eigenvalue weighted by molar-refractivity contribution is 7.17. The number of hydrogen-bond acceptors (Lipinski definition) is 5. The van der Waals surface area contributed by atoms with Gasteiger partial charge in [-0.25, -0.2) is 4.68 Å². The minimum Gasteiger partial charge on any atom is -0.352 e. The molecular formula is C22H21ClN4O3S. The summed E-state index contributed by atoms with van der Waals surface area (Å²) in [5, 5.41) is 10.8. The number of nitrogens with one attached hydrogen (secondary N) is 2. The first kappa shape index (κ1) is 21.3. The third kappa shape index (κ3) is 4.40. The van der Waals surface area contributed by atoms with Gasteiger partial charge in [-0.3, -0.25) is 14.4 Å². The van der Waals surface area contributed by atoms with Gasteiger partial charge in [0.15, 0.2) is 5.69 Å². The largest absolute Gasteiger partial charge is 0.352 e. The molecule has 2 heterocycles. The van der Waals surface area contributed by atoms with Gasteiger partial charge in [0.2, 0.25) is 5.43 Å². The molecule has 0 saturated carbocycles. The van der Waals surface area contributed by atoms with Gasteiger partial charge in [0.05, 0.1) is 11.3 Å². The predicted octanol–water partition coefficient (Wildman–Crippen LogP) is 3.83. The molecule has 3 aromatic rings. The van der Waals surface area contributed by atoms with Gasteiger partial charge in [-0.05, 0) is 62.4 Å². The van der Waals surface area contributed by atoms with Crippen molar-refractivity contribution in [1.29, 1.82) is 0 Å². The molecule has 160 valence electrons. The van der Waals surface area contributed by atoms with E-state index in [-0.39, 0.29) is 11.6 Å². The van der Waals surface area contributed by atoms with Gasteiger partial charge >= 0.3 is 0 Å². The molecule has 2 N–H and O–H groups in total. The Labute approximate surface area is 188 Å². The van der Waals surface area contributed by atoms with E-state index in [9.17, 15) is 14.4 Å². The fraction of sp³-hybridized carbons (Fsp3) is 0.273. The first-order valence-electron chi connectivity index (χ1n) is 10.1. The maximum absolute atomic E-state index is 13.0. The van der Waals surface area contributed by atoms with Gasteiger partial charge < -0.3 is 10.6 Å². The van der Waals surface area contributed by atoms with Crippen LogP contribution in [0.3, 0.4) is 0 Å². The van der Waals surface area contributed by atoms with E-state index in [0.717, 1.165) is 36.1 Å². The van der Waals surface area contributed by atoms with Gasteiger partial charge in [-0.15, -0.1) is 11.3 Å². The van der Waals surface area contributed by atoms with Crippen LogP contribution in [0.4, 0.5) is 5.00 Å². The molecule has 0 fully saturated rings. The Bertz CT molecular complexity index is 1200. The highest BCUT2D eigenvalue weighted by atomic mass is 35.5. The summed E-state index contributed by atoms with van der Waals surface area (Å²) in [7, 11) is 0. The lowest BCUT2D eigenvalue weighted by Crippen LogP contribution is -2.28.